The number of hydrogen-bond acceptors (Lipinski definition) is 6. The van der Waals surface area contributed by atoms with Crippen LogP contribution in [0, 0.1) is 0 Å². The highest BCUT2D eigenvalue weighted by Gasteiger charge is 2.32. The van der Waals surface area contributed by atoms with Crippen LogP contribution in [-0.2, 0) is 17.2 Å². The molecule has 4 aromatic rings. The van der Waals surface area contributed by atoms with E-state index >= 15 is 0 Å². The molecule has 0 bridgehead atoms. The maximum Gasteiger partial charge on any atom is 0.227 e. The molecule has 176 valence electrons. The summed E-state index contributed by atoms with van der Waals surface area (Å²) in [5, 5.41) is 8.72. The molecule has 35 heavy (non-hydrogen) atoms. The molecule has 3 aromatic carbocycles. The van der Waals surface area contributed by atoms with Crippen molar-refractivity contribution in [3.8, 4) is 5.75 Å². The highest BCUT2D eigenvalue weighted by atomic mass is 32.2. The van der Waals surface area contributed by atoms with Crippen LogP contribution in [0.1, 0.15) is 36.6 Å². The van der Waals surface area contributed by atoms with Gasteiger partial charge in [-0.3, -0.25) is 4.79 Å². The number of Topliss-reactive ketones (excluding diaryl/α,β-unsaturated/α-hetero) is 1. The number of carbonyl (C=O) groups is 1. The first kappa shape index (κ1) is 22.9. The number of aromatic nitrogens is 3. The Morgan fingerprint density at radius 1 is 0.971 bits per heavy atom. The van der Waals surface area contributed by atoms with Crippen LogP contribution in [0.4, 0.5) is 5.95 Å². The molecule has 7 heteroatoms. The summed E-state index contributed by atoms with van der Waals surface area (Å²) in [6.45, 7) is 4.01. The van der Waals surface area contributed by atoms with Gasteiger partial charge in [-0.15, -0.1) is 5.10 Å². The summed E-state index contributed by atoms with van der Waals surface area (Å²) in [6.07, 6.45) is 0. The van der Waals surface area contributed by atoms with Crippen molar-refractivity contribution in [3.05, 3.63) is 113 Å². The standard InChI is InChI=1S/C28H26N4O2S/c1-19-25(20(2)33)26(23-13-15-24(16-14-23)34-17-21-9-5-3-6-10-21)32-27(29-19)30-28(31-32)35-18-22-11-7-4-8-12-22/h3-16,26H,17-18H2,1-2H3,(H,29,30,31). The number of carbonyl (C=O) groups excluding carboxylic acids is 1. The van der Waals surface area contributed by atoms with Gasteiger partial charge in [0.2, 0.25) is 11.1 Å². The fourth-order valence-electron chi connectivity index (χ4n) is 4.17. The average molecular weight is 483 g/mol. The third-order valence-electron chi connectivity index (χ3n) is 5.87. The molecule has 0 aliphatic carbocycles. The van der Waals surface area contributed by atoms with Crippen LogP contribution in [0.5, 0.6) is 5.75 Å². The van der Waals surface area contributed by atoms with Gasteiger partial charge in [0.1, 0.15) is 18.4 Å². The number of nitrogens with one attached hydrogen (secondary N) is 1. The Labute approximate surface area is 209 Å². The molecule has 6 nitrogen and oxygen atoms in total. The van der Waals surface area contributed by atoms with Gasteiger partial charge in [0.25, 0.3) is 0 Å². The Morgan fingerprint density at radius 2 is 1.63 bits per heavy atom. The number of allylic oxidation sites excluding steroid dienone is 2. The highest BCUT2D eigenvalue weighted by molar-refractivity contribution is 7.98. The first-order valence-electron chi connectivity index (χ1n) is 11.5. The molecule has 1 atom stereocenters. The van der Waals surface area contributed by atoms with Crippen LogP contribution < -0.4 is 10.1 Å². The normalized spacial score (nSPS) is 14.9. The Hall–Kier alpha value is -3.84. The molecule has 1 aliphatic rings. The zero-order valence-electron chi connectivity index (χ0n) is 19.6. The molecule has 0 radical (unpaired) electrons. The molecule has 1 aromatic heterocycles. The molecule has 0 amide bonds. The minimum atomic E-state index is -0.356. The average Bonchev–Trinajstić information content (AvgIpc) is 3.29. The molecule has 0 fully saturated rings. The fraction of sp³-hybridized carbons (Fsp3) is 0.179. The van der Waals surface area contributed by atoms with E-state index in [-0.39, 0.29) is 11.8 Å². The van der Waals surface area contributed by atoms with Crippen molar-refractivity contribution in [2.24, 2.45) is 0 Å². The molecular weight excluding hydrogens is 456 g/mol. The first-order valence-corrected chi connectivity index (χ1v) is 12.5. The summed E-state index contributed by atoms with van der Waals surface area (Å²) in [6, 6.07) is 27.8. The highest BCUT2D eigenvalue weighted by Crippen LogP contribution is 2.37. The molecule has 2 heterocycles. The van der Waals surface area contributed by atoms with Gasteiger partial charge in [-0.25, -0.2) is 4.68 Å². The van der Waals surface area contributed by atoms with E-state index in [1.54, 1.807) is 18.7 Å². The summed E-state index contributed by atoms with van der Waals surface area (Å²) >= 11 is 1.58. The lowest BCUT2D eigenvalue weighted by atomic mass is 9.93. The van der Waals surface area contributed by atoms with Crippen LogP contribution in [0.15, 0.2) is 101 Å². The largest absolute Gasteiger partial charge is 0.489 e. The van der Waals surface area contributed by atoms with Crippen molar-refractivity contribution in [1.29, 1.82) is 0 Å². The lowest BCUT2D eigenvalue weighted by molar-refractivity contribution is -0.114. The monoisotopic (exact) mass is 482 g/mol. The van der Waals surface area contributed by atoms with Gasteiger partial charge in [0, 0.05) is 17.0 Å². The SMILES string of the molecule is CC(=O)C1=C(C)Nc2nc(SCc3ccccc3)nn2C1c1ccc(OCc2ccccc2)cc1. The Balaban J connectivity index is 1.39. The van der Waals surface area contributed by atoms with Gasteiger partial charge in [0.05, 0.1) is 0 Å². The number of nitrogens with zero attached hydrogens (tertiary/aromatic N) is 3. The molecule has 1 unspecified atom stereocenters. The fourth-order valence-corrected chi connectivity index (χ4v) is 4.95. The predicted octanol–water partition coefficient (Wildman–Crippen LogP) is 6.03. The number of hydrogen-bond donors (Lipinski definition) is 1. The van der Waals surface area contributed by atoms with Crippen LogP contribution in [0.3, 0.4) is 0 Å². The van der Waals surface area contributed by atoms with Crippen LogP contribution >= 0.6 is 11.8 Å². The molecular formula is C28H26N4O2S. The molecule has 1 aliphatic heterocycles. The van der Waals surface area contributed by atoms with Crippen LogP contribution in [0.25, 0.3) is 0 Å². The van der Waals surface area contributed by atoms with Gasteiger partial charge in [-0.1, -0.05) is 84.6 Å². The molecule has 1 N–H and O–H groups in total. The Kier molecular flexibility index (Phi) is 6.68. The van der Waals surface area contributed by atoms with E-state index in [2.05, 4.69) is 17.4 Å². The van der Waals surface area contributed by atoms with E-state index in [1.165, 1.54) is 5.56 Å². The molecule has 5 rings (SSSR count). The maximum atomic E-state index is 12.7. The van der Waals surface area contributed by atoms with Gasteiger partial charge in [-0.05, 0) is 42.7 Å². The third kappa shape index (κ3) is 5.15. The van der Waals surface area contributed by atoms with E-state index in [0.29, 0.717) is 23.3 Å². The molecule has 0 saturated carbocycles. The van der Waals surface area contributed by atoms with E-state index in [1.807, 2.05) is 84.4 Å². The second-order valence-corrected chi connectivity index (χ2v) is 9.35. The van der Waals surface area contributed by atoms with Gasteiger partial charge in [-0.2, -0.15) is 4.98 Å². The quantitative estimate of drug-likeness (QED) is 0.309. The van der Waals surface area contributed by atoms with Crippen molar-refractivity contribution in [2.45, 2.75) is 37.4 Å². The summed E-state index contributed by atoms with van der Waals surface area (Å²) in [7, 11) is 0. The van der Waals surface area contributed by atoms with Crippen LogP contribution in [0.2, 0.25) is 0 Å². The summed E-state index contributed by atoms with van der Waals surface area (Å²) in [5.41, 5.74) is 4.75. The number of anilines is 1. The van der Waals surface area contributed by atoms with Crippen molar-refractivity contribution in [1.82, 2.24) is 14.8 Å². The summed E-state index contributed by atoms with van der Waals surface area (Å²) in [4.78, 5) is 17.4. The summed E-state index contributed by atoms with van der Waals surface area (Å²) < 4.78 is 7.76. The molecule has 0 saturated heterocycles. The van der Waals surface area contributed by atoms with Crippen molar-refractivity contribution in [3.63, 3.8) is 0 Å². The number of fused-ring (bicyclic) bond motifs is 1. The summed E-state index contributed by atoms with van der Waals surface area (Å²) in [5.74, 6) is 2.19. The zero-order chi connectivity index (χ0) is 24.2. The van der Waals surface area contributed by atoms with E-state index < -0.39 is 0 Å². The number of benzene rings is 3. The lowest BCUT2D eigenvalue weighted by Gasteiger charge is -2.28. The number of ether oxygens (including phenoxy) is 1. The molecule has 0 spiro atoms. The third-order valence-corrected chi connectivity index (χ3v) is 6.78. The number of thioether (sulfide) groups is 1. The van der Waals surface area contributed by atoms with Gasteiger partial charge >= 0.3 is 0 Å². The second-order valence-electron chi connectivity index (χ2n) is 8.40. The van der Waals surface area contributed by atoms with E-state index in [4.69, 9.17) is 14.8 Å². The number of ketones is 1. The predicted molar refractivity (Wildman–Crippen MR) is 138 cm³/mol. The minimum absolute atomic E-state index is 0.00374. The van der Waals surface area contributed by atoms with E-state index in [0.717, 1.165) is 28.3 Å². The smallest absolute Gasteiger partial charge is 0.227 e. The Morgan fingerprint density at radius 3 is 2.29 bits per heavy atom. The Bertz CT molecular complexity index is 1350. The number of rotatable bonds is 8. The zero-order valence-corrected chi connectivity index (χ0v) is 20.5. The first-order chi connectivity index (χ1) is 17.1. The second kappa shape index (κ2) is 10.2. The minimum Gasteiger partial charge on any atom is -0.489 e. The van der Waals surface area contributed by atoms with Crippen molar-refractivity contribution in [2.75, 3.05) is 5.32 Å². The topological polar surface area (TPSA) is 69.0 Å². The lowest BCUT2D eigenvalue weighted by Crippen LogP contribution is -2.27. The van der Waals surface area contributed by atoms with E-state index in [9.17, 15) is 4.79 Å². The van der Waals surface area contributed by atoms with Gasteiger partial charge < -0.3 is 10.1 Å². The maximum absolute atomic E-state index is 12.7. The van der Waals surface area contributed by atoms with Crippen LogP contribution in [-0.4, -0.2) is 20.5 Å². The van der Waals surface area contributed by atoms with Crippen molar-refractivity contribution < 1.29 is 9.53 Å². The van der Waals surface area contributed by atoms with Gasteiger partial charge in [0.15, 0.2) is 5.78 Å². The van der Waals surface area contributed by atoms with Crippen molar-refractivity contribution >= 4 is 23.5 Å².